The molecule has 1 aromatic heterocycles. The molecular formula is C6H4F3NO2. The van der Waals surface area contributed by atoms with Crippen molar-refractivity contribution < 1.29 is 23.0 Å². The molecule has 0 fully saturated rings. The fraction of sp³-hybridized carbons (Fsp3) is 0.167. The summed E-state index contributed by atoms with van der Waals surface area (Å²) in [5.41, 5.74) is 0. The Bertz CT molecular complexity index is 256. The zero-order chi connectivity index (χ0) is 9.19. The Morgan fingerprint density at radius 1 is 1.33 bits per heavy atom. The highest BCUT2D eigenvalue weighted by Gasteiger charge is 2.31. The lowest BCUT2D eigenvalue weighted by Gasteiger charge is -2.06. The van der Waals surface area contributed by atoms with Crippen molar-refractivity contribution in [2.75, 3.05) is 0 Å². The minimum Gasteiger partial charge on any atom is -0.506 e. The lowest BCUT2D eigenvalue weighted by Crippen LogP contribution is -2.17. The van der Waals surface area contributed by atoms with Gasteiger partial charge in [0.15, 0.2) is 0 Å². The van der Waals surface area contributed by atoms with Gasteiger partial charge in [0.2, 0.25) is 5.88 Å². The van der Waals surface area contributed by atoms with Crippen molar-refractivity contribution >= 4 is 0 Å². The first-order chi connectivity index (χ1) is 5.47. The second kappa shape index (κ2) is 2.88. The van der Waals surface area contributed by atoms with Gasteiger partial charge in [-0.3, -0.25) is 0 Å². The van der Waals surface area contributed by atoms with Crippen LogP contribution >= 0.6 is 0 Å². The van der Waals surface area contributed by atoms with Gasteiger partial charge in [0.1, 0.15) is 5.75 Å². The average Bonchev–Trinajstić information content (AvgIpc) is 1.91. The number of halogens is 3. The molecule has 0 atom stereocenters. The third-order valence-corrected chi connectivity index (χ3v) is 0.941. The number of pyridine rings is 1. The van der Waals surface area contributed by atoms with Crippen LogP contribution in [0.15, 0.2) is 18.3 Å². The fourth-order valence-corrected chi connectivity index (χ4v) is 0.551. The van der Waals surface area contributed by atoms with Crippen LogP contribution in [-0.2, 0) is 0 Å². The standard InChI is InChI=1S/C6H4F3NO2/c7-6(8,9)12-5-2-1-4(11)3-10-5/h1-3,11H. The van der Waals surface area contributed by atoms with Gasteiger partial charge in [0.25, 0.3) is 0 Å². The van der Waals surface area contributed by atoms with E-state index in [4.69, 9.17) is 5.11 Å². The number of aromatic hydroxyl groups is 1. The van der Waals surface area contributed by atoms with E-state index < -0.39 is 12.2 Å². The first kappa shape index (κ1) is 8.63. The summed E-state index contributed by atoms with van der Waals surface area (Å²) in [5.74, 6) is -0.815. The van der Waals surface area contributed by atoms with Crippen LogP contribution < -0.4 is 4.74 Å². The molecular weight excluding hydrogens is 175 g/mol. The van der Waals surface area contributed by atoms with Crippen molar-refractivity contribution in [2.45, 2.75) is 6.36 Å². The summed E-state index contributed by atoms with van der Waals surface area (Å²) in [6.07, 6.45) is -3.88. The molecule has 0 aromatic carbocycles. The molecule has 0 saturated heterocycles. The van der Waals surface area contributed by atoms with E-state index in [2.05, 4.69) is 9.72 Å². The van der Waals surface area contributed by atoms with Crippen LogP contribution in [0.4, 0.5) is 13.2 Å². The van der Waals surface area contributed by atoms with Crippen LogP contribution in [0, 0.1) is 0 Å². The van der Waals surface area contributed by atoms with Gasteiger partial charge < -0.3 is 9.84 Å². The highest BCUT2D eigenvalue weighted by molar-refractivity contribution is 5.21. The number of nitrogens with zero attached hydrogens (tertiary/aromatic N) is 1. The van der Waals surface area contributed by atoms with E-state index in [1.165, 1.54) is 0 Å². The summed E-state index contributed by atoms with van der Waals surface area (Å²) >= 11 is 0. The zero-order valence-corrected chi connectivity index (χ0v) is 5.67. The minimum atomic E-state index is -4.75. The molecule has 6 heteroatoms. The predicted molar refractivity (Wildman–Crippen MR) is 32.6 cm³/mol. The molecule has 1 N–H and O–H groups in total. The van der Waals surface area contributed by atoms with Crippen molar-refractivity contribution in [1.29, 1.82) is 0 Å². The summed E-state index contributed by atoms with van der Waals surface area (Å²) in [5, 5.41) is 8.66. The van der Waals surface area contributed by atoms with E-state index in [9.17, 15) is 13.2 Å². The van der Waals surface area contributed by atoms with Crippen LogP contribution in [0.2, 0.25) is 0 Å². The van der Waals surface area contributed by atoms with Crippen molar-refractivity contribution in [3.8, 4) is 11.6 Å². The smallest absolute Gasteiger partial charge is 0.506 e. The van der Waals surface area contributed by atoms with Gasteiger partial charge in [-0.2, -0.15) is 0 Å². The Morgan fingerprint density at radius 2 is 2.00 bits per heavy atom. The molecule has 0 aliphatic heterocycles. The molecule has 1 aromatic rings. The second-order valence-corrected chi connectivity index (χ2v) is 1.90. The second-order valence-electron chi connectivity index (χ2n) is 1.90. The molecule has 3 nitrogen and oxygen atoms in total. The monoisotopic (exact) mass is 179 g/mol. The van der Waals surface area contributed by atoms with Crippen LogP contribution in [0.25, 0.3) is 0 Å². The van der Waals surface area contributed by atoms with Gasteiger partial charge in [-0.25, -0.2) is 4.98 Å². The number of hydrogen-bond acceptors (Lipinski definition) is 3. The Morgan fingerprint density at radius 3 is 2.42 bits per heavy atom. The van der Waals surface area contributed by atoms with E-state index in [0.29, 0.717) is 0 Å². The number of alkyl halides is 3. The molecule has 1 heterocycles. The van der Waals surface area contributed by atoms with Crippen molar-refractivity contribution in [1.82, 2.24) is 4.98 Å². The molecule has 66 valence electrons. The number of aromatic nitrogens is 1. The summed E-state index contributed by atoms with van der Waals surface area (Å²) < 4.78 is 38.0. The molecule has 0 aliphatic carbocycles. The highest BCUT2D eigenvalue weighted by Crippen LogP contribution is 2.21. The Hall–Kier alpha value is -1.46. The van der Waals surface area contributed by atoms with Crippen LogP contribution in [0.3, 0.4) is 0 Å². The fourth-order valence-electron chi connectivity index (χ4n) is 0.551. The van der Waals surface area contributed by atoms with Gasteiger partial charge in [-0.1, -0.05) is 0 Å². The normalized spacial score (nSPS) is 11.2. The van der Waals surface area contributed by atoms with Crippen LogP contribution in [0.5, 0.6) is 11.6 Å². The van der Waals surface area contributed by atoms with E-state index in [1.54, 1.807) is 0 Å². The van der Waals surface area contributed by atoms with Gasteiger partial charge >= 0.3 is 6.36 Å². The first-order valence-corrected chi connectivity index (χ1v) is 2.88. The third kappa shape index (κ3) is 2.65. The van der Waals surface area contributed by atoms with Crippen LogP contribution in [0.1, 0.15) is 0 Å². The molecule has 0 bridgehead atoms. The predicted octanol–water partition coefficient (Wildman–Crippen LogP) is 1.69. The SMILES string of the molecule is Oc1ccc(OC(F)(F)F)nc1. The van der Waals surface area contributed by atoms with E-state index in [-0.39, 0.29) is 5.75 Å². The molecule has 12 heavy (non-hydrogen) atoms. The van der Waals surface area contributed by atoms with E-state index in [0.717, 1.165) is 18.3 Å². The first-order valence-electron chi connectivity index (χ1n) is 2.88. The molecule has 0 aliphatic rings. The molecule has 0 spiro atoms. The maximum Gasteiger partial charge on any atom is 0.574 e. The third-order valence-electron chi connectivity index (χ3n) is 0.941. The van der Waals surface area contributed by atoms with E-state index >= 15 is 0 Å². The minimum absolute atomic E-state index is 0.218. The van der Waals surface area contributed by atoms with Gasteiger partial charge in [-0.05, 0) is 6.07 Å². The van der Waals surface area contributed by atoms with E-state index in [1.807, 2.05) is 0 Å². The molecule has 0 amide bonds. The summed E-state index contributed by atoms with van der Waals surface area (Å²) in [7, 11) is 0. The van der Waals surface area contributed by atoms with Crippen LogP contribution in [-0.4, -0.2) is 16.5 Å². The average molecular weight is 179 g/mol. The highest BCUT2D eigenvalue weighted by atomic mass is 19.4. The lowest BCUT2D eigenvalue weighted by molar-refractivity contribution is -0.276. The van der Waals surface area contributed by atoms with Crippen molar-refractivity contribution in [2.24, 2.45) is 0 Å². The lowest BCUT2D eigenvalue weighted by atomic mass is 10.4. The Balaban J connectivity index is 2.71. The van der Waals surface area contributed by atoms with Crippen molar-refractivity contribution in [3.05, 3.63) is 18.3 Å². The van der Waals surface area contributed by atoms with Gasteiger partial charge in [-0.15, -0.1) is 13.2 Å². The largest absolute Gasteiger partial charge is 0.574 e. The van der Waals surface area contributed by atoms with Gasteiger partial charge in [0.05, 0.1) is 6.20 Å². The quantitative estimate of drug-likeness (QED) is 0.713. The number of rotatable bonds is 1. The number of ether oxygens (including phenoxy) is 1. The molecule has 0 saturated carbocycles. The topological polar surface area (TPSA) is 42.4 Å². The Kier molecular flexibility index (Phi) is 2.07. The zero-order valence-electron chi connectivity index (χ0n) is 5.67. The molecule has 0 radical (unpaired) electrons. The maximum absolute atomic E-state index is 11.5. The molecule has 1 rings (SSSR count). The van der Waals surface area contributed by atoms with Gasteiger partial charge in [0, 0.05) is 6.07 Å². The number of hydrogen-bond donors (Lipinski definition) is 1. The van der Waals surface area contributed by atoms with Crippen molar-refractivity contribution in [3.63, 3.8) is 0 Å². The maximum atomic E-state index is 11.5. The Labute approximate surface area is 65.4 Å². The summed E-state index contributed by atoms with van der Waals surface area (Å²) in [6, 6.07) is 1.97. The summed E-state index contributed by atoms with van der Waals surface area (Å²) in [6.45, 7) is 0. The molecule has 0 unspecified atom stereocenters. The summed E-state index contributed by atoms with van der Waals surface area (Å²) in [4.78, 5) is 3.17.